The fraction of sp³-hybridized carbons (Fsp3) is 0.917. The van der Waals surface area contributed by atoms with Crippen LogP contribution >= 0.6 is 0 Å². The van der Waals surface area contributed by atoms with Gasteiger partial charge in [0.2, 0.25) is 0 Å². The summed E-state index contributed by atoms with van der Waals surface area (Å²) in [5, 5.41) is 0. The van der Waals surface area contributed by atoms with E-state index in [1.807, 2.05) is 0 Å². The lowest BCUT2D eigenvalue weighted by molar-refractivity contribution is -0.149. The van der Waals surface area contributed by atoms with Gasteiger partial charge in [-0.2, -0.15) is 0 Å². The van der Waals surface area contributed by atoms with Gasteiger partial charge in [-0.25, -0.2) is 0 Å². The second-order valence-electron chi connectivity index (χ2n) is 4.32. The highest BCUT2D eigenvalue weighted by Gasteiger charge is 2.25. The average Bonchev–Trinajstić information content (AvgIpc) is 2.99. The van der Waals surface area contributed by atoms with E-state index in [-0.39, 0.29) is 11.9 Å². The monoisotopic (exact) mass is 198 g/mol. The van der Waals surface area contributed by atoms with Gasteiger partial charge in [0.15, 0.2) is 0 Å². The van der Waals surface area contributed by atoms with Crippen LogP contribution in [0.25, 0.3) is 0 Å². The molecule has 1 aliphatic carbocycles. The Hall–Kier alpha value is -0.530. The SMILES string of the molecule is CCCCC(CC)C(=O)OCC1CC1. The molecule has 1 unspecified atom stereocenters. The third-order valence-electron chi connectivity index (χ3n) is 2.89. The van der Waals surface area contributed by atoms with Gasteiger partial charge >= 0.3 is 5.97 Å². The van der Waals surface area contributed by atoms with E-state index in [9.17, 15) is 4.79 Å². The molecule has 0 N–H and O–H groups in total. The molecule has 0 amide bonds. The number of carbonyl (C=O) groups excluding carboxylic acids is 1. The summed E-state index contributed by atoms with van der Waals surface area (Å²) >= 11 is 0. The van der Waals surface area contributed by atoms with E-state index >= 15 is 0 Å². The van der Waals surface area contributed by atoms with Crippen LogP contribution in [0.15, 0.2) is 0 Å². The molecule has 0 saturated heterocycles. The molecule has 1 rings (SSSR count). The molecule has 1 aliphatic rings. The summed E-state index contributed by atoms with van der Waals surface area (Å²) in [4.78, 5) is 11.6. The van der Waals surface area contributed by atoms with Crippen LogP contribution < -0.4 is 0 Å². The number of esters is 1. The van der Waals surface area contributed by atoms with Gasteiger partial charge in [0.25, 0.3) is 0 Å². The maximum atomic E-state index is 11.6. The molecule has 14 heavy (non-hydrogen) atoms. The number of hydrogen-bond donors (Lipinski definition) is 0. The molecule has 1 saturated carbocycles. The Labute approximate surface area is 87.0 Å². The van der Waals surface area contributed by atoms with Crippen molar-refractivity contribution in [3.63, 3.8) is 0 Å². The Morgan fingerprint density at radius 2 is 2.14 bits per heavy atom. The zero-order chi connectivity index (χ0) is 10.4. The second kappa shape index (κ2) is 6.05. The minimum atomic E-state index is 0.0350. The molecule has 82 valence electrons. The van der Waals surface area contributed by atoms with Gasteiger partial charge < -0.3 is 4.74 Å². The highest BCUT2D eigenvalue weighted by Crippen LogP contribution is 2.29. The van der Waals surface area contributed by atoms with Crippen LogP contribution in [0, 0.1) is 11.8 Å². The van der Waals surface area contributed by atoms with Gasteiger partial charge in [-0.15, -0.1) is 0 Å². The molecule has 0 spiro atoms. The number of hydrogen-bond acceptors (Lipinski definition) is 2. The summed E-state index contributed by atoms with van der Waals surface area (Å²) in [6.45, 7) is 4.89. The van der Waals surface area contributed by atoms with Crippen molar-refractivity contribution in [3.8, 4) is 0 Å². The minimum absolute atomic E-state index is 0.0350. The summed E-state index contributed by atoms with van der Waals surface area (Å²) < 4.78 is 5.28. The molecule has 1 atom stereocenters. The second-order valence-corrected chi connectivity index (χ2v) is 4.32. The lowest BCUT2D eigenvalue weighted by Crippen LogP contribution is -2.18. The van der Waals surface area contributed by atoms with Crippen LogP contribution in [0.2, 0.25) is 0 Å². The van der Waals surface area contributed by atoms with Crippen molar-refractivity contribution >= 4 is 5.97 Å². The Bertz CT molecular complexity index is 173. The third-order valence-corrected chi connectivity index (χ3v) is 2.89. The topological polar surface area (TPSA) is 26.3 Å². The van der Waals surface area contributed by atoms with Gasteiger partial charge in [-0.1, -0.05) is 26.7 Å². The molecule has 0 aromatic heterocycles. The lowest BCUT2D eigenvalue weighted by atomic mass is 10.00. The quantitative estimate of drug-likeness (QED) is 0.587. The van der Waals surface area contributed by atoms with Crippen molar-refractivity contribution in [2.24, 2.45) is 11.8 Å². The van der Waals surface area contributed by atoms with Gasteiger partial charge in [-0.05, 0) is 31.6 Å². The first-order chi connectivity index (χ1) is 6.77. The predicted molar refractivity (Wildman–Crippen MR) is 57.0 cm³/mol. The molecule has 0 heterocycles. The van der Waals surface area contributed by atoms with E-state index in [2.05, 4.69) is 13.8 Å². The molecular formula is C12H22O2. The maximum absolute atomic E-state index is 11.6. The summed E-state index contributed by atoms with van der Waals surface area (Å²) in [6.07, 6.45) is 6.71. The smallest absolute Gasteiger partial charge is 0.308 e. The molecule has 2 nitrogen and oxygen atoms in total. The highest BCUT2D eigenvalue weighted by atomic mass is 16.5. The summed E-state index contributed by atoms with van der Waals surface area (Å²) in [5.41, 5.74) is 0. The fourth-order valence-corrected chi connectivity index (χ4v) is 1.54. The number of unbranched alkanes of at least 4 members (excludes halogenated alkanes) is 1. The lowest BCUT2D eigenvalue weighted by Gasteiger charge is -2.13. The van der Waals surface area contributed by atoms with Crippen molar-refractivity contribution in [1.29, 1.82) is 0 Å². The van der Waals surface area contributed by atoms with E-state index in [1.165, 1.54) is 12.8 Å². The van der Waals surface area contributed by atoms with Crippen molar-refractivity contribution in [2.75, 3.05) is 6.61 Å². The standard InChI is InChI=1S/C12H22O2/c1-3-5-6-11(4-2)12(13)14-9-10-7-8-10/h10-11H,3-9H2,1-2H3. The minimum Gasteiger partial charge on any atom is -0.465 e. The van der Waals surface area contributed by atoms with Crippen molar-refractivity contribution in [2.45, 2.75) is 52.4 Å². The summed E-state index contributed by atoms with van der Waals surface area (Å²) in [6, 6.07) is 0. The predicted octanol–water partition coefficient (Wildman–Crippen LogP) is 3.16. The third kappa shape index (κ3) is 4.12. The van der Waals surface area contributed by atoms with Crippen LogP contribution in [-0.2, 0) is 9.53 Å². The molecular weight excluding hydrogens is 176 g/mol. The summed E-state index contributed by atoms with van der Waals surface area (Å²) in [7, 11) is 0. The molecule has 0 aromatic rings. The molecule has 0 radical (unpaired) electrons. The molecule has 2 heteroatoms. The number of ether oxygens (including phenoxy) is 1. The van der Waals surface area contributed by atoms with Gasteiger partial charge in [-0.3, -0.25) is 4.79 Å². The van der Waals surface area contributed by atoms with Gasteiger partial charge in [0.1, 0.15) is 0 Å². The Kier molecular flexibility index (Phi) is 4.99. The van der Waals surface area contributed by atoms with E-state index in [0.717, 1.165) is 25.7 Å². The van der Waals surface area contributed by atoms with Crippen LogP contribution in [0.4, 0.5) is 0 Å². The molecule has 0 aliphatic heterocycles. The van der Waals surface area contributed by atoms with Crippen LogP contribution in [0.3, 0.4) is 0 Å². The van der Waals surface area contributed by atoms with E-state index < -0.39 is 0 Å². The first-order valence-corrected chi connectivity index (χ1v) is 5.94. The Morgan fingerprint density at radius 1 is 1.43 bits per heavy atom. The molecule has 1 fully saturated rings. The van der Waals surface area contributed by atoms with Gasteiger partial charge in [0.05, 0.1) is 12.5 Å². The van der Waals surface area contributed by atoms with Crippen molar-refractivity contribution in [1.82, 2.24) is 0 Å². The van der Waals surface area contributed by atoms with Crippen molar-refractivity contribution < 1.29 is 9.53 Å². The first-order valence-electron chi connectivity index (χ1n) is 5.94. The van der Waals surface area contributed by atoms with Crippen LogP contribution in [-0.4, -0.2) is 12.6 Å². The first kappa shape index (κ1) is 11.5. The Morgan fingerprint density at radius 3 is 2.64 bits per heavy atom. The van der Waals surface area contributed by atoms with Crippen molar-refractivity contribution in [3.05, 3.63) is 0 Å². The average molecular weight is 198 g/mol. The van der Waals surface area contributed by atoms with Gasteiger partial charge in [0, 0.05) is 0 Å². The largest absolute Gasteiger partial charge is 0.465 e. The highest BCUT2D eigenvalue weighted by molar-refractivity contribution is 5.72. The van der Waals surface area contributed by atoms with E-state index in [4.69, 9.17) is 4.74 Å². The zero-order valence-electron chi connectivity index (χ0n) is 9.42. The number of rotatable bonds is 7. The Balaban J connectivity index is 2.15. The summed E-state index contributed by atoms with van der Waals surface area (Å²) in [5.74, 6) is 0.865. The van der Waals surface area contributed by atoms with E-state index in [0.29, 0.717) is 12.5 Å². The normalized spacial score (nSPS) is 17.9. The maximum Gasteiger partial charge on any atom is 0.308 e. The fourth-order valence-electron chi connectivity index (χ4n) is 1.54. The zero-order valence-corrected chi connectivity index (χ0v) is 9.42. The molecule has 0 bridgehead atoms. The number of carbonyl (C=O) groups is 1. The van der Waals surface area contributed by atoms with Crippen LogP contribution in [0.5, 0.6) is 0 Å². The van der Waals surface area contributed by atoms with Crippen LogP contribution in [0.1, 0.15) is 52.4 Å². The van der Waals surface area contributed by atoms with E-state index in [1.54, 1.807) is 0 Å². The molecule has 0 aromatic carbocycles.